The Hall–Kier alpha value is -6.38. The van der Waals surface area contributed by atoms with Crippen molar-refractivity contribution in [2.24, 2.45) is 0 Å². The maximum atomic E-state index is 4.21. The van der Waals surface area contributed by atoms with Crippen molar-refractivity contribution in [3.63, 3.8) is 0 Å². The van der Waals surface area contributed by atoms with Gasteiger partial charge in [0.2, 0.25) is 0 Å². The molecule has 1 N–H and O–H groups in total. The van der Waals surface area contributed by atoms with Crippen LogP contribution >= 0.6 is 0 Å². The van der Waals surface area contributed by atoms with Crippen molar-refractivity contribution in [1.29, 1.82) is 0 Å². The molecular weight excluding hydrogens is 605 g/mol. The summed E-state index contributed by atoms with van der Waals surface area (Å²) in [5.74, 6) is 0. The van der Waals surface area contributed by atoms with E-state index >= 15 is 0 Å². The van der Waals surface area contributed by atoms with Crippen LogP contribution in [-0.2, 0) is 0 Å². The monoisotopic (exact) mass is 644 g/mol. The van der Waals surface area contributed by atoms with Gasteiger partial charge in [-0.2, -0.15) is 0 Å². The molecule has 7 rings (SSSR count). The Morgan fingerprint density at radius 1 is 0.540 bits per heavy atom. The molecule has 0 amide bonds. The van der Waals surface area contributed by atoms with E-state index in [4.69, 9.17) is 0 Å². The predicted octanol–water partition coefficient (Wildman–Crippen LogP) is 13.9. The molecule has 7 aromatic rings. The highest BCUT2D eigenvalue weighted by molar-refractivity contribution is 6.00. The van der Waals surface area contributed by atoms with Gasteiger partial charge in [0.15, 0.2) is 0 Å². The van der Waals surface area contributed by atoms with E-state index in [2.05, 4.69) is 207 Å². The highest BCUT2D eigenvalue weighted by Crippen LogP contribution is 2.49. The van der Waals surface area contributed by atoms with Crippen LogP contribution in [0.5, 0.6) is 0 Å². The van der Waals surface area contributed by atoms with Gasteiger partial charge in [0.25, 0.3) is 0 Å². The Kier molecular flexibility index (Phi) is 9.53. The number of nitrogens with zero attached hydrogens (tertiary/aromatic N) is 1. The number of para-hydroxylation sites is 1. The summed E-state index contributed by atoms with van der Waals surface area (Å²) in [7, 11) is 0. The number of hydrogen-bond donors (Lipinski definition) is 1. The summed E-state index contributed by atoms with van der Waals surface area (Å²) in [5, 5.41) is 3.81. The van der Waals surface area contributed by atoms with Gasteiger partial charge in [-0.05, 0) is 101 Å². The van der Waals surface area contributed by atoms with Crippen LogP contribution in [-0.4, -0.2) is 0 Å². The lowest BCUT2D eigenvalue weighted by Crippen LogP contribution is -2.14. The molecule has 2 nitrogen and oxygen atoms in total. The Morgan fingerprint density at radius 2 is 1.18 bits per heavy atom. The molecule has 0 saturated carbocycles. The number of nitrogens with one attached hydrogen (secondary N) is 1. The first-order valence-corrected chi connectivity index (χ1v) is 17.1. The molecule has 0 aliphatic carbocycles. The number of benzene rings is 7. The predicted molar refractivity (Wildman–Crippen MR) is 217 cm³/mol. The number of aryl methyl sites for hydroxylation is 1. The second-order valence-electron chi connectivity index (χ2n) is 12.3. The van der Waals surface area contributed by atoms with E-state index in [1.165, 1.54) is 22.3 Å². The maximum absolute atomic E-state index is 4.21. The van der Waals surface area contributed by atoms with E-state index in [1.54, 1.807) is 0 Å². The quantitative estimate of drug-likeness (QED) is 0.159. The molecule has 0 heterocycles. The first kappa shape index (κ1) is 32.2. The van der Waals surface area contributed by atoms with Gasteiger partial charge in [-0.25, -0.2) is 0 Å². The fourth-order valence-electron chi connectivity index (χ4n) is 6.69. The molecule has 0 aromatic heterocycles. The van der Waals surface area contributed by atoms with E-state index in [9.17, 15) is 0 Å². The first-order valence-electron chi connectivity index (χ1n) is 17.1. The van der Waals surface area contributed by atoms with Gasteiger partial charge in [0.1, 0.15) is 0 Å². The lowest BCUT2D eigenvalue weighted by molar-refractivity contribution is 1.26. The number of hydrogen-bond acceptors (Lipinski definition) is 2. The number of anilines is 5. The van der Waals surface area contributed by atoms with E-state index in [0.29, 0.717) is 0 Å². The number of rotatable bonds is 10. The Morgan fingerprint density at radius 3 is 1.90 bits per heavy atom. The minimum Gasteiger partial charge on any atom is -0.354 e. The van der Waals surface area contributed by atoms with Crippen molar-refractivity contribution >= 4 is 40.6 Å². The van der Waals surface area contributed by atoms with Crippen molar-refractivity contribution < 1.29 is 0 Å². The largest absolute Gasteiger partial charge is 0.354 e. The summed E-state index contributed by atoms with van der Waals surface area (Å²) in [4.78, 5) is 2.42. The molecule has 2 heteroatoms. The molecule has 0 bridgehead atoms. The second kappa shape index (κ2) is 14.8. The summed E-state index contributed by atoms with van der Waals surface area (Å²) in [5.41, 5.74) is 15.6. The van der Waals surface area contributed by atoms with Gasteiger partial charge in [-0.3, -0.25) is 0 Å². The van der Waals surface area contributed by atoms with Crippen LogP contribution in [0.4, 0.5) is 28.4 Å². The maximum Gasteiger partial charge on any atom is 0.0778 e. The SMILES string of the molecule is C=Cc1ccccc1-c1c(C)ccc(Nc2ccccc2)c1N(c1cccc(-c2ccccc2)c1)c1ccc(-c2ccccc2)c(/C=C\C)c1. The third kappa shape index (κ3) is 6.65. The lowest BCUT2D eigenvalue weighted by atomic mass is 9.91. The average Bonchev–Trinajstić information content (AvgIpc) is 3.17. The van der Waals surface area contributed by atoms with Crippen molar-refractivity contribution in [2.75, 3.05) is 10.2 Å². The van der Waals surface area contributed by atoms with Crippen LogP contribution in [0.2, 0.25) is 0 Å². The summed E-state index contributed by atoms with van der Waals surface area (Å²) in [6.07, 6.45) is 6.28. The van der Waals surface area contributed by atoms with E-state index in [0.717, 1.165) is 56.3 Å². The first-order chi connectivity index (χ1) is 24.6. The molecule has 0 radical (unpaired) electrons. The third-order valence-electron chi connectivity index (χ3n) is 9.05. The molecule has 0 atom stereocenters. The van der Waals surface area contributed by atoms with Gasteiger partial charge < -0.3 is 10.2 Å². The third-order valence-corrected chi connectivity index (χ3v) is 9.05. The fraction of sp³-hybridized carbons (Fsp3) is 0.0417. The smallest absolute Gasteiger partial charge is 0.0778 e. The molecule has 242 valence electrons. The number of allylic oxidation sites excluding steroid dienone is 1. The standard InChI is InChI=1S/C48H40N2/c1-4-18-40-34-43(30-31-44(40)38-22-11-7-12-23-38)50(42-27-17-24-39(33-42)37-20-9-6-10-21-37)48-46(49-41-25-13-8-14-26-41)32-29-35(3)47(48)45-28-16-15-19-36(45)5-2/h4-34,49H,2H2,1,3H3/b18-4-. The Bertz CT molecular complexity index is 2270. The van der Waals surface area contributed by atoms with Crippen molar-refractivity contribution in [2.45, 2.75) is 13.8 Å². The van der Waals surface area contributed by atoms with Gasteiger partial charge in [0, 0.05) is 22.6 Å². The fourth-order valence-corrected chi connectivity index (χ4v) is 6.69. The molecule has 0 saturated heterocycles. The second-order valence-corrected chi connectivity index (χ2v) is 12.3. The van der Waals surface area contributed by atoms with Gasteiger partial charge >= 0.3 is 0 Å². The zero-order valence-electron chi connectivity index (χ0n) is 28.6. The van der Waals surface area contributed by atoms with Gasteiger partial charge in [-0.1, -0.05) is 152 Å². The zero-order valence-corrected chi connectivity index (χ0v) is 28.6. The highest BCUT2D eigenvalue weighted by atomic mass is 15.2. The minimum atomic E-state index is 1.00. The Balaban J connectivity index is 1.56. The molecule has 0 unspecified atom stereocenters. The van der Waals surface area contributed by atoms with Crippen LogP contribution in [0, 0.1) is 6.92 Å². The molecule has 0 fully saturated rings. The van der Waals surface area contributed by atoms with Crippen molar-refractivity contribution in [1.82, 2.24) is 0 Å². The summed E-state index contributed by atoms with van der Waals surface area (Å²) < 4.78 is 0. The van der Waals surface area contributed by atoms with Crippen molar-refractivity contribution in [3.05, 3.63) is 199 Å². The summed E-state index contributed by atoms with van der Waals surface area (Å²) >= 11 is 0. The molecule has 0 aliphatic rings. The normalized spacial score (nSPS) is 11.0. The average molecular weight is 645 g/mol. The van der Waals surface area contributed by atoms with Crippen LogP contribution in [0.3, 0.4) is 0 Å². The van der Waals surface area contributed by atoms with E-state index in [-0.39, 0.29) is 0 Å². The summed E-state index contributed by atoms with van der Waals surface area (Å²) in [6.45, 7) is 8.49. The molecule has 0 aliphatic heterocycles. The Labute approximate surface area is 296 Å². The van der Waals surface area contributed by atoms with Crippen LogP contribution in [0.15, 0.2) is 183 Å². The van der Waals surface area contributed by atoms with Crippen LogP contribution < -0.4 is 10.2 Å². The van der Waals surface area contributed by atoms with Crippen LogP contribution in [0.25, 0.3) is 45.5 Å². The van der Waals surface area contributed by atoms with Gasteiger partial charge in [0.05, 0.1) is 11.4 Å². The minimum absolute atomic E-state index is 1.00. The molecule has 7 aromatic carbocycles. The topological polar surface area (TPSA) is 15.3 Å². The van der Waals surface area contributed by atoms with E-state index in [1.807, 2.05) is 12.1 Å². The lowest BCUT2D eigenvalue weighted by Gasteiger charge is -2.32. The molecular formula is C48H40N2. The van der Waals surface area contributed by atoms with E-state index < -0.39 is 0 Å². The zero-order chi connectivity index (χ0) is 34.3. The van der Waals surface area contributed by atoms with Gasteiger partial charge in [-0.15, -0.1) is 0 Å². The highest BCUT2D eigenvalue weighted by Gasteiger charge is 2.25. The van der Waals surface area contributed by atoms with Crippen LogP contribution in [0.1, 0.15) is 23.6 Å². The molecule has 0 spiro atoms. The summed E-state index contributed by atoms with van der Waals surface area (Å²) in [6, 6.07) is 60.3. The van der Waals surface area contributed by atoms with Crippen molar-refractivity contribution in [3.8, 4) is 33.4 Å². The molecule has 50 heavy (non-hydrogen) atoms.